The second kappa shape index (κ2) is 9.43. The van der Waals surface area contributed by atoms with Crippen LogP contribution in [0.25, 0.3) is 0 Å². The molecule has 1 saturated heterocycles. The Morgan fingerprint density at radius 3 is 2.50 bits per heavy atom. The van der Waals surface area contributed by atoms with Crippen LogP contribution in [-0.2, 0) is 9.53 Å². The zero-order valence-corrected chi connectivity index (χ0v) is 17.0. The lowest BCUT2D eigenvalue weighted by Gasteiger charge is -2.29. The zero-order valence-electron chi connectivity index (χ0n) is 16.2. The van der Waals surface area contributed by atoms with Crippen LogP contribution in [0, 0.1) is 0 Å². The minimum atomic E-state index is -0.351. The van der Waals surface area contributed by atoms with Gasteiger partial charge < -0.3 is 20.3 Å². The summed E-state index contributed by atoms with van der Waals surface area (Å²) < 4.78 is 5.43. The topological polar surface area (TPSA) is 53.6 Å². The minimum Gasteiger partial charge on any atom is -0.378 e. The van der Waals surface area contributed by atoms with Gasteiger partial charge in [-0.3, -0.25) is 4.79 Å². The second-order valence-corrected chi connectivity index (χ2v) is 8.56. The first-order valence-corrected chi connectivity index (χ1v) is 11.2. The Morgan fingerprint density at radius 1 is 1.07 bits per heavy atom. The molecule has 1 atom stereocenters. The lowest BCUT2D eigenvalue weighted by atomic mass is 9.95. The number of hydrogen-bond donors (Lipinski definition) is 2. The van der Waals surface area contributed by atoms with Gasteiger partial charge >= 0.3 is 0 Å². The summed E-state index contributed by atoms with van der Waals surface area (Å²) in [6, 6.07) is 12.4. The van der Waals surface area contributed by atoms with Gasteiger partial charge in [-0.15, -0.1) is 11.3 Å². The number of nitrogens with one attached hydrogen (secondary N) is 2. The number of anilines is 2. The van der Waals surface area contributed by atoms with Gasteiger partial charge in [0.05, 0.1) is 13.2 Å². The number of benzene rings is 1. The highest BCUT2D eigenvalue weighted by atomic mass is 32.1. The molecule has 0 spiro atoms. The number of hydrogen-bond acceptors (Lipinski definition) is 5. The molecule has 1 saturated carbocycles. The Hall–Kier alpha value is -2.05. The number of carbonyl (C=O) groups excluding carboxylic acids is 1. The largest absolute Gasteiger partial charge is 0.378 e. The van der Waals surface area contributed by atoms with E-state index in [1.165, 1.54) is 24.9 Å². The average molecular weight is 400 g/mol. The Bertz CT molecular complexity index is 736. The zero-order chi connectivity index (χ0) is 19.2. The smallest absolute Gasteiger partial charge is 0.248 e. The number of thiophene rings is 1. The lowest BCUT2D eigenvalue weighted by molar-refractivity contribution is -0.122. The van der Waals surface area contributed by atoms with E-state index in [0.717, 1.165) is 49.7 Å². The maximum absolute atomic E-state index is 13.0. The van der Waals surface area contributed by atoms with Crippen LogP contribution in [0.1, 0.15) is 43.0 Å². The first kappa shape index (κ1) is 19.3. The van der Waals surface area contributed by atoms with E-state index in [4.69, 9.17) is 4.74 Å². The third kappa shape index (κ3) is 4.86. The van der Waals surface area contributed by atoms with E-state index in [1.54, 1.807) is 11.3 Å². The summed E-state index contributed by atoms with van der Waals surface area (Å²) in [5.74, 6) is 0.0756. The average Bonchev–Trinajstić information content (AvgIpc) is 3.28. The number of morpholine rings is 1. The molecule has 1 unspecified atom stereocenters. The van der Waals surface area contributed by atoms with Crippen molar-refractivity contribution in [1.82, 2.24) is 5.32 Å². The van der Waals surface area contributed by atoms with Gasteiger partial charge in [-0.05, 0) is 48.6 Å². The number of amides is 1. The van der Waals surface area contributed by atoms with E-state index < -0.39 is 0 Å². The normalized spacial score (nSPS) is 19.2. The number of nitrogens with zero attached hydrogens (tertiary/aromatic N) is 1. The van der Waals surface area contributed by atoms with Crippen molar-refractivity contribution >= 4 is 28.6 Å². The monoisotopic (exact) mass is 399 g/mol. The van der Waals surface area contributed by atoms with Crippen LogP contribution in [0.5, 0.6) is 0 Å². The van der Waals surface area contributed by atoms with Gasteiger partial charge in [0.2, 0.25) is 5.91 Å². The molecule has 2 aliphatic rings. The van der Waals surface area contributed by atoms with E-state index in [1.807, 2.05) is 17.5 Å². The van der Waals surface area contributed by atoms with Gasteiger partial charge in [-0.25, -0.2) is 0 Å². The fraction of sp³-hybridized carbons (Fsp3) is 0.500. The van der Waals surface area contributed by atoms with Crippen molar-refractivity contribution in [3.63, 3.8) is 0 Å². The van der Waals surface area contributed by atoms with Crippen LogP contribution in [-0.4, -0.2) is 38.3 Å². The van der Waals surface area contributed by atoms with Gasteiger partial charge in [-0.2, -0.15) is 0 Å². The molecule has 28 heavy (non-hydrogen) atoms. The molecule has 2 fully saturated rings. The van der Waals surface area contributed by atoms with Crippen molar-refractivity contribution in [3.8, 4) is 0 Å². The standard InChI is InChI=1S/C22H29N3O2S/c26-22(24-17-5-2-1-3-6-17)21(20-7-4-16-28-20)23-18-8-10-19(11-9-18)25-12-14-27-15-13-25/h4,7-11,16-17,21,23H,1-3,5-6,12-15H2,(H,24,26). The highest BCUT2D eigenvalue weighted by molar-refractivity contribution is 7.10. The van der Waals surface area contributed by atoms with E-state index in [-0.39, 0.29) is 11.9 Å². The summed E-state index contributed by atoms with van der Waals surface area (Å²) in [5, 5.41) is 8.76. The Morgan fingerprint density at radius 2 is 1.82 bits per heavy atom. The van der Waals surface area contributed by atoms with E-state index >= 15 is 0 Å². The van der Waals surface area contributed by atoms with E-state index in [0.29, 0.717) is 6.04 Å². The molecular weight excluding hydrogens is 370 g/mol. The van der Waals surface area contributed by atoms with Crippen molar-refractivity contribution < 1.29 is 9.53 Å². The van der Waals surface area contributed by atoms with Crippen LogP contribution in [0.15, 0.2) is 41.8 Å². The van der Waals surface area contributed by atoms with Crippen molar-refractivity contribution in [2.45, 2.75) is 44.2 Å². The maximum Gasteiger partial charge on any atom is 0.248 e. The number of carbonyl (C=O) groups is 1. The Labute approximate surface area is 171 Å². The molecule has 6 heteroatoms. The second-order valence-electron chi connectivity index (χ2n) is 7.58. The predicted octanol–water partition coefficient (Wildman–Crippen LogP) is 4.19. The molecule has 150 valence electrons. The molecular formula is C22H29N3O2S. The third-order valence-electron chi connectivity index (χ3n) is 5.60. The first-order chi connectivity index (χ1) is 13.8. The Balaban J connectivity index is 1.44. The highest BCUT2D eigenvalue weighted by Gasteiger charge is 2.25. The van der Waals surface area contributed by atoms with Crippen LogP contribution in [0.4, 0.5) is 11.4 Å². The molecule has 2 N–H and O–H groups in total. The SMILES string of the molecule is O=C(NC1CCCCC1)C(Nc1ccc(N2CCOCC2)cc1)c1cccs1. The third-order valence-corrected chi connectivity index (χ3v) is 6.53. The summed E-state index contributed by atoms with van der Waals surface area (Å²) in [6.07, 6.45) is 5.90. The van der Waals surface area contributed by atoms with Crippen LogP contribution in [0.2, 0.25) is 0 Å². The van der Waals surface area contributed by atoms with Gasteiger partial charge in [0.1, 0.15) is 6.04 Å². The van der Waals surface area contributed by atoms with Crippen LogP contribution < -0.4 is 15.5 Å². The van der Waals surface area contributed by atoms with Crippen molar-refractivity contribution in [2.24, 2.45) is 0 Å². The Kier molecular flexibility index (Phi) is 6.49. The van der Waals surface area contributed by atoms with Crippen molar-refractivity contribution in [2.75, 3.05) is 36.5 Å². The number of rotatable bonds is 6. The van der Waals surface area contributed by atoms with Crippen molar-refractivity contribution in [3.05, 3.63) is 46.7 Å². The molecule has 2 aromatic rings. The van der Waals surface area contributed by atoms with Crippen LogP contribution in [0.3, 0.4) is 0 Å². The maximum atomic E-state index is 13.0. The summed E-state index contributed by atoms with van der Waals surface area (Å²) >= 11 is 1.62. The van der Waals surface area contributed by atoms with Gasteiger partial charge in [0.25, 0.3) is 0 Å². The fourth-order valence-electron chi connectivity index (χ4n) is 4.01. The molecule has 0 radical (unpaired) electrons. The molecule has 2 heterocycles. The van der Waals surface area contributed by atoms with E-state index in [9.17, 15) is 4.79 Å². The van der Waals surface area contributed by atoms with Gasteiger partial charge in [0, 0.05) is 35.4 Å². The van der Waals surface area contributed by atoms with E-state index in [2.05, 4.69) is 39.8 Å². The van der Waals surface area contributed by atoms with Gasteiger partial charge in [0.15, 0.2) is 0 Å². The molecule has 0 bridgehead atoms. The lowest BCUT2D eigenvalue weighted by Crippen LogP contribution is -2.41. The molecule has 1 aliphatic carbocycles. The quantitative estimate of drug-likeness (QED) is 0.765. The molecule has 1 aromatic heterocycles. The fourth-order valence-corrected chi connectivity index (χ4v) is 4.78. The minimum absolute atomic E-state index is 0.0756. The highest BCUT2D eigenvalue weighted by Crippen LogP contribution is 2.27. The summed E-state index contributed by atoms with van der Waals surface area (Å²) in [7, 11) is 0. The summed E-state index contributed by atoms with van der Waals surface area (Å²) in [6.45, 7) is 3.41. The van der Waals surface area contributed by atoms with Crippen LogP contribution >= 0.6 is 11.3 Å². The van der Waals surface area contributed by atoms with Crippen molar-refractivity contribution in [1.29, 1.82) is 0 Å². The molecule has 5 nitrogen and oxygen atoms in total. The first-order valence-electron chi connectivity index (χ1n) is 10.3. The summed E-state index contributed by atoms with van der Waals surface area (Å²) in [5.41, 5.74) is 2.17. The molecule has 1 aromatic carbocycles. The molecule has 1 aliphatic heterocycles. The molecule has 1 amide bonds. The number of ether oxygens (including phenoxy) is 1. The van der Waals surface area contributed by atoms with Gasteiger partial charge in [-0.1, -0.05) is 25.3 Å². The predicted molar refractivity (Wildman–Crippen MR) is 115 cm³/mol. The summed E-state index contributed by atoms with van der Waals surface area (Å²) in [4.78, 5) is 16.4. The molecule has 4 rings (SSSR count).